The molecule has 1 heterocycles. The number of nitrogens with two attached hydrogens (primary N) is 1. The van der Waals surface area contributed by atoms with Crippen LogP contribution in [0.4, 0.5) is 10.1 Å². The second kappa shape index (κ2) is 5.21. The first-order valence-corrected chi connectivity index (χ1v) is 6.83. The van der Waals surface area contributed by atoms with E-state index in [1.54, 1.807) is 18.5 Å². The number of benzene rings is 1. The van der Waals surface area contributed by atoms with Gasteiger partial charge in [0.25, 0.3) is 0 Å². The van der Waals surface area contributed by atoms with E-state index < -0.39 is 0 Å². The number of hydrogen-bond acceptors (Lipinski definition) is 3. The number of nitrogens with zero attached hydrogens (tertiary/aromatic N) is 2. The van der Waals surface area contributed by atoms with Gasteiger partial charge in [0.1, 0.15) is 5.82 Å². The molecule has 2 aromatic rings. The summed E-state index contributed by atoms with van der Waals surface area (Å²) in [5.74, 6) is -0.365. The third kappa shape index (κ3) is 2.51. The Balaban J connectivity index is 2.02. The zero-order valence-corrected chi connectivity index (χ0v) is 11.5. The van der Waals surface area contributed by atoms with Crippen LogP contribution in [0.2, 0.25) is 0 Å². The van der Waals surface area contributed by atoms with Crippen molar-refractivity contribution in [1.29, 1.82) is 0 Å². The summed E-state index contributed by atoms with van der Waals surface area (Å²) in [5.41, 5.74) is 8.09. The molecule has 0 saturated heterocycles. The van der Waals surface area contributed by atoms with Gasteiger partial charge in [0, 0.05) is 18.4 Å². The third-order valence-electron chi connectivity index (χ3n) is 3.89. The fourth-order valence-corrected chi connectivity index (χ4v) is 2.63. The normalized spacial score (nSPS) is 16.4. The highest BCUT2D eigenvalue weighted by atomic mass is 19.1. The van der Waals surface area contributed by atoms with E-state index in [2.05, 4.69) is 16.9 Å². The van der Waals surface area contributed by atoms with Crippen LogP contribution in [0.1, 0.15) is 30.0 Å². The van der Waals surface area contributed by atoms with Crippen molar-refractivity contribution in [2.24, 2.45) is 0 Å². The Labute approximate surface area is 118 Å². The molecule has 1 aliphatic rings. The summed E-state index contributed by atoms with van der Waals surface area (Å²) < 4.78 is 13.4. The molecule has 1 atom stereocenters. The molecule has 2 N–H and O–H groups in total. The van der Waals surface area contributed by atoms with Crippen LogP contribution in [0.15, 0.2) is 42.7 Å². The molecule has 1 fully saturated rings. The SMILES string of the molecule is CN(C1CC1)C(c1ccncc1)c1ccc(F)c(N)c1. The van der Waals surface area contributed by atoms with Crippen LogP contribution in [0.3, 0.4) is 0 Å². The number of halogens is 1. The molecule has 1 unspecified atom stereocenters. The standard InChI is InChI=1S/C16H18FN3/c1-20(13-3-4-13)16(11-6-8-19-9-7-11)12-2-5-14(17)15(18)10-12/h2,5-10,13,16H,3-4,18H2,1H3. The van der Waals surface area contributed by atoms with E-state index in [-0.39, 0.29) is 17.5 Å². The van der Waals surface area contributed by atoms with Crippen LogP contribution in [-0.2, 0) is 0 Å². The summed E-state index contributed by atoms with van der Waals surface area (Å²) in [7, 11) is 2.11. The minimum atomic E-state index is -0.365. The molecule has 3 rings (SSSR count). The fraction of sp³-hybridized carbons (Fsp3) is 0.312. The van der Waals surface area contributed by atoms with Gasteiger partial charge in [-0.1, -0.05) is 6.07 Å². The van der Waals surface area contributed by atoms with E-state index >= 15 is 0 Å². The molecular weight excluding hydrogens is 253 g/mol. The first-order chi connectivity index (χ1) is 9.66. The van der Waals surface area contributed by atoms with Gasteiger partial charge in [0.05, 0.1) is 11.7 Å². The number of anilines is 1. The molecule has 1 aliphatic carbocycles. The van der Waals surface area contributed by atoms with E-state index in [4.69, 9.17) is 5.73 Å². The van der Waals surface area contributed by atoms with Gasteiger partial charge in [0.2, 0.25) is 0 Å². The molecule has 0 radical (unpaired) electrons. The van der Waals surface area contributed by atoms with Crippen molar-refractivity contribution in [2.75, 3.05) is 12.8 Å². The maximum atomic E-state index is 13.4. The summed E-state index contributed by atoms with van der Waals surface area (Å²) >= 11 is 0. The Morgan fingerprint density at radius 3 is 2.50 bits per heavy atom. The Morgan fingerprint density at radius 1 is 1.20 bits per heavy atom. The summed E-state index contributed by atoms with van der Waals surface area (Å²) in [6, 6.07) is 9.69. The first kappa shape index (κ1) is 13.1. The van der Waals surface area contributed by atoms with E-state index in [0.717, 1.165) is 11.1 Å². The van der Waals surface area contributed by atoms with Gasteiger partial charge in [-0.15, -0.1) is 0 Å². The number of rotatable bonds is 4. The smallest absolute Gasteiger partial charge is 0.146 e. The molecule has 0 bridgehead atoms. The lowest BCUT2D eigenvalue weighted by Gasteiger charge is -2.29. The minimum Gasteiger partial charge on any atom is -0.396 e. The zero-order chi connectivity index (χ0) is 14.1. The first-order valence-electron chi connectivity index (χ1n) is 6.83. The molecule has 1 aromatic heterocycles. The van der Waals surface area contributed by atoms with Gasteiger partial charge < -0.3 is 5.73 Å². The lowest BCUT2D eigenvalue weighted by molar-refractivity contribution is 0.268. The average Bonchev–Trinajstić information content (AvgIpc) is 3.29. The number of aromatic nitrogens is 1. The molecule has 1 aromatic carbocycles. The Hall–Kier alpha value is -1.94. The largest absolute Gasteiger partial charge is 0.396 e. The fourth-order valence-electron chi connectivity index (χ4n) is 2.63. The number of nitrogen functional groups attached to an aromatic ring is 1. The lowest BCUT2D eigenvalue weighted by atomic mass is 9.97. The highest BCUT2D eigenvalue weighted by Crippen LogP contribution is 2.37. The second-order valence-electron chi connectivity index (χ2n) is 5.36. The Bertz CT molecular complexity index is 596. The average molecular weight is 271 g/mol. The van der Waals surface area contributed by atoms with Crippen LogP contribution in [0, 0.1) is 5.82 Å². The molecular formula is C16H18FN3. The maximum Gasteiger partial charge on any atom is 0.146 e. The molecule has 1 saturated carbocycles. The van der Waals surface area contributed by atoms with Crippen LogP contribution >= 0.6 is 0 Å². The van der Waals surface area contributed by atoms with E-state index in [9.17, 15) is 4.39 Å². The van der Waals surface area contributed by atoms with Crippen LogP contribution in [0.25, 0.3) is 0 Å². The van der Waals surface area contributed by atoms with Crippen molar-refractivity contribution in [3.63, 3.8) is 0 Å². The molecule has 0 spiro atoms. The Kier molecular flexibility index (Phi) is 3.40. The molecule has 104 valence electrons. The van der Waals surface area contributed by atoms with E-state index in [0.29, 0.717) is 6.04 Å². The van der Waals surface area contributed by atoms with Crippen LogP contribution < -0.4 is 5.73 Å². The predicted octanol–water partition coefficient (Wildman–Crippen LogP) is 2.99. The highest BCUT2D eigenvalue weighted by Gasteiger charge is 2.32. The van der Waals surface area contributed by atoms with Crippen molar-refractivity contribution in [1.82, 2.24) is 9.88 Å². The molecule has 3 nitrogen and oxygen atoms in total. The minimum absolute atomic E-state index is 0.0911. The summed E-state index contributed by atoms with van der Waals surface area (Å²) in [4.78, 5) is 6.41. The van der Waals surface area contributed by atoms with E-state index in [1.165, 1.54) is 18.9 Å². The Morgan fingerprint density at radius 2 is 1.90 bits per heavy atom. The topological polar surface area (TPSA) is 42.2 Å². The third-order valence-corrected chi connectivity index (χ3v) is 3.89. The summed E-state index contributed by atoms with van der Waals surface area (Å²) in [6.45, 7) is 0. The zero-order valence-electron chi connectivity index (χ0n) is 11.5. The van der Waals surface area contributed by atoms with Gasteiger partial charge in [-0.05, 0) is 55.3 Å². The second-order valence-corrected chi connectivity index (χ2v) is 5.36. The summed E-state index contributed by atoms with van der Waals surface area (Å²) in [6.07, 6.45) is 6.01. The van der Waals surface area contributed by atoms with Crippen molar-refractivity contribution in [2.45, 2.75) is 24.9 Å². The number of hydrogen-bond donors (Lipinski definition) is 1. The predicted molar refractivity (Wildman–Crippen MR) is 77.7 cm³/mol. The van der Waals surface area contributed by atoms with Gasteiger partial charge in [-0.3, -0.25) is 9.88 Å². The molecule has 0 aliphatic heterocycles. The van der Waals surface area contributed by atoms with Crippen LogP contribution in [0.5, 0.6) is 0 Å². The molecule has 4 heteroatoms. The monoisotopic (exact) mass is 271 g/mol. The van der Waals surface area contributed by atoms with Gasteiger partial charge in [-0.25, -0.2) is 4.39 Å². The van der Waals surface area contributed by atoms with Crippen molar-refractivity contribution in [3.8, 4) is 0 Å². The lowest BCUT2D eigenvalue weighted by Crippen LogP contribution is -2.27. The molecule has 20 heavy (non-hydrogen) atoms. The van der Waals surface area contributed by atoms with Crippen molar-refractivity contribution < 1.29 is 4.39 Å². The number of pyridine rings is 1. The quantitative estimate of drug-likeness (QED) is 0.869. The van der Waals surface area contributed by atoms with Gasteiger partial charge in [-0.2, -0.15) is 0 Å². The highest BCUT2D eigenvalue weighted by molar-refractivity contribution is 5.45. The van der Waals surface area contributed by atoms with Gasteiger partial charge in [0.15, 0.2) is 0 Å². The van der Waals surface area contributed by atoms with E-state index in [1.807, 2.05) is 18.2 Å². The summed E-state index contributed by atoms with van der Waals surface area (Å²) in [5, 5.41) is 0. The molecule has 0 amide bonds. The van der Waals surface area contributed by atoms with Crippen molar-refractivity contribution in [3.05, 3.63) is 59.7 Å². The maximum absolute atomic E-state index is 13.4. The van der Waals surface area contributed by atoms with Crippen LogP contribution in [-0.4, -0.2) is 23.0 Å². The van der Waals surface area contributed by atoms with Gasteiger partial charge >= 0.3 is 0 Å². The van der Waals surface area contributed by atoms with Crippen molar-refractivity contribution >= 4 is 5.69 Å².